The monoisotopic (exact) mass is 282 g/mol. The molecule has 1 aliphatic rings. The highest BCUT2D eigenvalue weighted by Crippen LogP contribution is 2.30. The fraction of sp³-hybridized carbons (Fsp3) is 0.615. The number of esters is 1. The number of rotatable bonds is 5. The highest BCUT2D eigenvalue weighted by molar-refractivity contribution is 7.99. The zero-order valence-electron chi connectivity index (χ0n) is 11.0. The van der Waals surface area contributed by atoms with Crippen LogP contribution in [0.3, 0.4) is 0 Å². The molecule has 6 heteroatoms. The molecule has 1 aliphatic carbocycles. The zero-order valence-corrected chi connectivity index (χ0v) is 11.8. The van der Waals surface area contributed by atoms with Gasteiger partial charge in [0, 0.05) is 11.4 Å². The maximum atomic E-state index is 11.7. The first-order valence-electron chi connectivity index (χ1n) is 6.57. The van der Waals surface area contributed by atoms with Crippen LogP contribution in [0.25, 0.3) is 0 Å². The van der Waals surface area contributed by atoms with Crippen LogP contribution >= 0.6 is 11.8 Å². The molecule has 1 heterocycles. The quantitative estimate of drug-likeness (QED) is 0.838. The number of carbonyl (C=O) groups excluding carboxylic acids is 1. The number of ether oxygens (including phenoxy) is 1. The van der Waals surface area contributed by atoms with E-state index in [-0.39, 0.29) is 12.2 Å². The Morgan fingerprint density at radius 2 is 2.26 bits per heavy atom. The Bertz CT molecular complexity index is 495. The molecule has 1 aromatic rings. The molecule has 0 aromatic carbocycles. The average molecular weight is 282 g/mol. The molecule has 0 bridgehead atoms. The summed E-state index contributed by atoms with van der Waals surface area (Å²) in [4.78, 5) is 30.0. The van der Waals surface area contributed by atoms with Crippen LogP contribution in [0.5, 0.6) is 0 Å². The number of H-pyrrole nitrogens is 1. The Morgan fingerprint density at radius 1 is 1.53 bits per heavy atom. The molecule has 0 spiro atoms. The minimum atomic E-state index is -0.619. The lowest BCUT2D eigenvalue weighted by Crippen LogP contribution is -2.21. The maximum absolute atomic E-state index is 11.7. The van der Waals surface area contributed by atoms with Crippen molar-refractivity contribution in [1.29, 1.82) is 0 Å². The number of nitrogens with zero attached hydrogens (tertiary/aromatic N) is 1. The third-order valence-electron chi connectivity index (χ3n) is 3.11. The molecule has 0 atom stereocenters. The maximum Gasteiger partial charge on any atom is 0.345 e. The molecule has 1 aromatic heterocycles. The van der Waals surface area contributed by atoms with Gasteiger partial charge in [-0.25, -0.2) is 9.78 Å². The van der Waals surface area contributed by atoms with Crippen LogP contribution in [0, 0.1) is 0 Å². The second-order valence-electron chi connectivity index (χ2n) is 4.51. The van der Waals surface area contributed by atoms with Crippen molar-refractivity contribution < 1.29 is 9.53 Å². The van der Waals surface area contributed by atoms with E-state index in [0.717, 1.165) is 0 Å². The van der Waals surface area contributed by atoms with E-state index in [1.165, 1.54) is 31.9 Å². The van der Waals surface area contributed by atoms with Crippen LogP contribution < -0.4 is 5.56 Å². The summed E-state index contributed by atoms with van der Waals surface area (Å²) in [7, 11) is 0. The smallest absolute Gasteiger partial charge is 0.345 e. The number of carbonyl (C=O) groups is 1. The van der Waals surface area contributed by atoms with Crippen LogP contribution in [0.1, 0.15) is 48.8 Å². The second kappa shape index (κ2) is 6.75. The van der Waals surface area contributed by atoms with Gasteiger partial charge in [-0.3, -0.25) is 4.79 Å². The molecular formula is C13H18N2O3S. The summed E-state index contributed by atoms with van der Waals surface area (Å²) in [5.74, 6) is 0.685. The highest BCUT2D eigenvalue weighted by atomic mass is 32.2. The van der Waals surface area contributed by atoms with Crippen LogP contribution in [0.2, 0.25) is 0 Å². The lowest BCUT2D eigenvalue weighted by atomic mass is 10.3. The lowest BCUT2D eigenvalue weighted by Gasteiger charge is -2.08. The third kappa shape index (κ3) is 3.83. The standard InChI is InChI=1S/C13H18N2O3S/c1-2-18-13(17)10-7-14-11(15-12(10)16)8-19-9-5-3-4-6-9/h7,9H,2-6,8H2,1H3,(H,14,15,16). The van der Waals surface area contributed by atoms with Crippen molar-refractivity contribution in [3.63, 3.8) is 0 Å². The Balaban J connectivity index is 1.97. The minimum Gasteiger partial charge on any atom is -0.462 e. The molecule has 0 saturated heterocycles. The second-order valence-corrected chi connectivity index (χ2v) is 5.80. The molecule has 0 amide bonds. The molecule has 19 heavy (non-hydrogen) atoms. The molecule has 1 N–H and O–H groups in total. The van der Waals surface area contributed by atoms with E-state index in [1.54, 1.807) is 6.92 Å². The van der Waals surface area contributed by atoms with Crippen molar-refractivity contribution in [1.82, 2.24) is 9.97 Å². The van der Waals surface area contributed by atoms with Crippen molar-refractivity contribution in [2.75, 3.05) is 6.61 Å². The van der Waals surface area contributed by atoms with Crippen molar-refractivity contribution in [3.05, 3.63) is 27.9 Å². The predicted molar refractivity (Wildman–Crippen MR) is 74.4 cm³/mol. The van der Waals surface area contributed by atoms with Gasteiger partial charge in [-0.15, -0.1) is 0 Å². The molecule has 0 radical (unpaired) electrons. The van der Waals surface area contributed by atoms with E-state index in [9.17, 15) is 9.59 Å². The fourth-order valence-electron chi connectivity index (χ4n) is 2.11. The topological polar surface area (TPSA) is 72.0 Å². The number of nitrogens with one attached hydrogen (secondary N) is 1. The average Bonchev–Trinajstić information content (AvgIpc) is 2.89. The van der Waals surface area contributed by atoms with E-state index in [0.29, 0.717) is 16.8 Å². The third-order valence-corrected chi connectivity index (χ3v) is 4.49. The van der Waals surface area contributed by atoms with Gasteiger partial charge in [0.25, 0.3) is 5.56 Å². The van der Waals surface area contributed by atoms with E-state index >= 15 is 0 Å². The summed E-state index contributed by atoms with van der Waals surface area (Å²) in [6.45, 7) is 1.95. The summed E-state index contributed by atoms with van der Waals surface area (Å²) in [5.41, 5.74) is -0.452. The molecule has 0 aliphatic heterocycles. The number of aromatic nitrogens is 2. The van der Waals surface area contributed by atoms with Gasteiger partial charge in [-0.1, -0.05) is 12.8 Å². The lowest BCUT2D eigenvalue weighted by molar-refractivity contribution is 0.0523. The normalized spacial score (nSPS) is 15.6. The van der Waals surface area contributed by atoms with Gasteiger partial charge in [0.2, 0.25) is 0 Å². The molecule has 0 unspecified atom stereocenters. The first-order chi connectivity index (χ1) is 9.20. The Hall–Kier alpha value is -1.30. The van der Waals surface area contributed by atoms with Gasteiger partial charge >= 0.3 is 5.97 Å². The Kier molecular flexibility index (Phi) is 5.01. The SMILES string of the molecule is CCOC(=O)c1cnc(CSC2CCCC2)[nH]c1=O. The van der Waals surface area contributed by atoms with E-state index in [1.807, 2.05) is 11.8 Å². The zero-order chi connectivity index (χ0) is 13.7. The van der Waals surface area contributed by atoms with Crippen molar-refractivity contribution in [3.8, 4) is 0 Å². The summed E-state index contributed by atoms with van der Waals surface area (Å²) in [6.07, 6.45) is 6.39. The van der Waals surface area contributed by atoms with E-state index in [4.69, 9.17) is 4.74 Å². The molecule has 2 rings (SSSR count). The van der Waals surface area contributed by atoms with Gasteiger partial charge in [0.1, 0.15) is 11.4 Å². The van der Waals surface area contributed by atoms with E-state index in [2.05, 4.69) is 9.97 Å². The molecule has 1 fully saturated rings. The van der Waals surface area contributed by atoms with Crippen molar-refractivity contribution in [2.24, 2.45) is 0 Å². The number of thioether (sulfide) groups is 1. The van der Waals surface area contributed by atoms with E-state index < -0.39 is 11.5 Å². The predicted octanol–water partition coefficient (Wildman–Crippen LogP) is 2.12. The molecule has 104 valence electrons. The Morgan fingerprint density at radius 3 is 2.89 bits per heavy atom. The largest absolute Gasteiger partial charge is 0.462 e. The number of aromatic amines is 1. The van der Waals surface area contributed by atoms with Crippen LogP contribution in [0.15, 0.2) is 11.0 Å². The van der Waals surface area contributed by atoms with Gasteiger partial charge < -0.3 is 9.72 Å². The van der Waals surface area contributed by atoms with Crippen LogP contribution in [-0.4, -0.2) is 27.8 Å². The van der Waals surface area contributed by atoms with Gasteiger partial charge in [0.15, 0.2) is 0 Å². The van der Waals surface area contributed by atoms with Crippen molar-refractivity contribution >= 4 is 17.7 Å². The first kappa shape index (κ1) is 14.1. The summed E-state index contributed by atoms with van der Waals surface area (Å²) >= 11 is 1.82. The summed E-state index contributed by atoms with van der Waals surface area (Å²) in [6, 6.07) is 0. The van der Waals surface area contributed by atoms with Gasteiger partial charge in [0.05, 0.1) is 12.4 Å². The first-order valence-corrected chi connectivity index (χ1v) is 7.62. The molecule has 5 nitrogen and oxygen atoms in total. The number of hydrogen-bond donors (Lipinski definition) is 1. The molecule has 1 saturated carbocycles. The highest BCUT2D eigenvalue weighted by Gasteiger charge is 2.17. The fourth-order valence-corrected chi connectivity index (χ4v) is 3.32. The summed E-state index contributed by atoms with van der Waals surface area (Å²) in [5, 5.41) is 0.676. The van der Waals surface area contributed by atoms with Crippen molar-refractivity contribution in [2.45, 2.75) is 43.6 Å². The van der Waals surface area contributed by atoms with Crippen LogP contribution in [0.4, 0.5) is 0 Å². The van der Waals surface area contributed by atoms with Crippen LogP contribution in [-0.2, 0) is 10.5 Å². The number of hydrogen-bond acceptors (Lipinski definition) is 5. The molecular weight excluding hydrogens is 264 g/mol. The van der Waals surface area contributed by atoms with Gasteiger partial charge in [-0.05, 0) is 19.8 Å². The van der Waals surface area contributed by atoms with Gasteiger partial charge in [-0.2, -0.15) is 11.8 Å². The Labute approximate surface area is 116 Å². The summed E-state index contributed by atoms with van der Waals surface area (Å²) < 4.78 is 4.79. The minimum absolute atomic E-state index is 0.0310.